The topological polar surface area (TPSA) is 109 Å². The number of morpholine rings is 1. The number of rotatable bonds is 6. The highest BCUT2D eigenvalue weighted by molar-refractivity contribution is 7.89. The molecule has 3 heterocycles. The van der Waals surface area contributed by atoms with E-state index in [2.05, 4.69) is 4.98 Å². The van der Waals surface area contributed by atoms with E-state index in [4.69, 9.17) is 14.6 Å². The summed E-state index contributed by atoms with van der Waals surface area (Å²) in [6, 6.07) is 10.5. The fourth-order valence-corrected chi connectivity index (χ4v) is 5.29. The van der Waals surface area contributed by atoms with Crippen LogP contribution in [0.25, 0.3) is 11.1 Å². The van der Waals surface area contributed by atoms with Gasteiger partial charge in [0.25, 0.3) is 0 Å². The number of pyridine rings is 1. The average molecular weight is 462 g/mol. The van der Waals surface area contributed by atoms with Crippen molar-refractivity contribution in [1.82, 2.24) is 14.2 Å². The maximum atomic E-state index is 12.7. The Morgan fingerprint density at radius 2 is 1.69 bits per heavy atom. The molecule has 32 heavy (non-hydrogen) atoms. The largest absolute Gasteiger partial charge is 0.477 e. The quantitative estimate of drug-likeness (QED) is 0.704. The summed E-state index contributed by atoms with van der Waals surface area (Å²) in [5, 5.41) is 9.02. The van der Waals surface area contributed by atoms with Gasteiger partial charge in [-0.15, -0.1) is 0 Å². The molecule has 172 valence electrons. The first-order valence-electron chi connectivity index (χ1n) is 10.7. The Morgan fingerprint density at radius 1 is 1.03 bits per heavy atom. The fourth-order valence-electron chi connectivity index (χ4n) is 3.89. The minimum atomic E-state index is -3.51. The summed E-state index contributed by atoms with van der Waals surface area (Å²) in [5.41, 5.74) is 1.73. The Hall–Kier alpha value is -2.69. The van der Waals surface area contributed by atoms with E-state index in [-0.39, 0.29) is 4.90 Å². The summed E-state index contributed by atoms with van der Waals surface area (Å²) in [6.07, 6.45) is 2.40. The number of carboxylic acid groups (broad SMARTS) is 1. The lowest BCUT2D eigenvalue weighted by Crippen LogP contribution is -2.40. The van der Waals surface area contributed by atoms with Gasteiger partial charge in [-0.3, -0.25) is 0 Å². The molecule has 9 nitrogen and oxygen atoms in total. The van der Waals surface area contributed by atoms with Crippen LogP contribution in [0.1, 0.15) is 12.8 Å². The van der Waals surface area contributed by atoms with Gasteiger partial charge >= 0.3 is 6.09 Å². The van der Waals surface area contributed by atoms with E-state index in [1.807, 2.05) is 6.07 Å². The van der Waals surface area contributed by atoms with Crippen molar-refractivity contribution in [3.8, 4) is 17.0 Å². The third kappa shape index (κ3) is 5.20. The first kappa shape index (κ1) is 22.5. The van der Waals surface area contributed by atoms with E-state index >= 15 is 0 Å². The van der Waals surface area contributed by atoms with Crippen molar-refractivity contribution < 1.29 is 27.8 Å². The second-order valence-corrected chi connectivity index (χ2v) is 9.89. The average Bonchev–Trinajstić information content (AvgIpc) is 2.84. The number of ether oxygens (including phenoxy) is 2. The van der Waals surface area contributed by atoms with E-state index in [9.17, 15) is 13.2 Å². The third-order valence-electron chi connectivity index (χ3n) is 5.88. The highest BCUT2D eigenvalue weighted by atomic mass is 32.2. The number of benzene rings is 1. The zero-order valence-electron chi connectivity index (χ0n) is 17.7. The molecule has 2 saturated heterocycles. The van der Waals surface area contributed by atoms with E-state index in [0.717, 1.165) is 24.0 Å². The van der Waals surface area contributed by atoms with Gasteiger partial charge in [0.05, 0.1) is 24.7 Å². The Labute approximate surface area is 187 Å². The van der Waals surface area contributed by atoms with Crippen molar-refractivity contribution in [3.05, 3.63) is 42.6 Å². The van der Waals surface area contributed by atoms with Crippen molar-refractivity contribution in [2.75, 3.05) is 46.0 Å². The molecular formula is C22H27N3O6S. The lowest BCUT2D eigenvalue weighted by atomic mass is 9.98. The molecule has 1 N–H and O–H groups in total. The molecule has 10 heteroatoms. The van der Waals surface area contributed by atoms with Crippen LogP contribution in [0.5, 0.6) is 5.88 Å². The molecule has 2 aliphatic heterocycles. The van der Waals surface area contributed by atoms with Crippen LogP contribution in [-0.4, -0.2) is 79.8 Å². The number of piperidine rings is 1. The maximum Gasteiger partial charge on any atom is 0.407 e. The van der Waals surface area contributed by atoms with E-state index in [1.165, 1.54) is 9.21 Å². The molecule has 1 aromatic carbocycles. The molecule has 2 aromatic rings. The molecule has 4 rings (SSSR count). The summed E-state index contributed by atoms with van der Waals surface area (Å²) < 4.78 is 38.0. The number of amides is 1. The highest BCUT2D eigenvalue weighted by Gasteiger charge is 2.26. The summed E-state index contributed by atoms with van der Waals surface area (Å²) >= 11 is 0. The number of hydrogen-bond acceptors (Lipinski definition) is 6. The molecule has 0 atom stereocenters. The van der Waals surface area contributed by atoms with Crippen molar-refractivity contribution in [3.63, 3.8) is 0 Å². The van der Waals surface area contributed by atoms with Crippen LogP contribution in [0.15, 0.2) is 47.5 Å². The summed E-state index contributed by atoms with van der Waals surface area (Å²) in [5.74, 6) is 0.828. The predicted molar refractivity (Wildman–Crippen MR) is 117 cm³/mol. The van der Waals surface area contributed by atoms with Gasteiger partial charge in [0.15, 0.2) is 0 Å². The van der Waals surface area contributed by atoms with Gasteiger partial charge in [-0.25, -0.2) is 18.2 Å². The molecular weight excluding hydrogens is 434 g/mol. The molecule has 2 aliphatic rings. The number of likely N-dealkylation sites (tertiary alicyclic amines) is 1. The zero-order valence-corrected chi connectivity index (χ0v) is 18.5. The van der Waals surface area contributed by atoms with Crippen molar-refractivity contribution in [2.45, 2.75) is 17.7 Å². The van der Waals surface area contributed by atoms with Crippen LogP contribution in [0.4, 0.5) is 4.79 Å². The van der Waals surface area contributed by atoms with Crippen LogP contribution in [-0.2, 0) is 14.8 Å². The number of carbonyl (C=O) groups is 1. The molecule has 0 saturated carbocycles. The third-order valence-corrected chi connectivity index (χ3v) is 7.80. The van der Waals surface area contributed by atoms with Crippen LogP contribution in [0.2, 0.25) is 0 Å². The number of sulfonamides is 1. The molecule has 0 radical (unpaired) electrons. The molecule has 1 amide bonds. The second-order valence-electron chi connectivity index (χ2n) is 7.95. The van der Waals surface area contributed by atoms with Gasteiger partial charge in [-0.1, -0.05) is 12.1 Å². The standard InChI is InChI=1S/C22H27N3O6S/c26-22(27)24-9-7-17(8-10-24)16-31-21-6-3-19(15-23-21)18-1-4-20(5-2-18)32(28,29)25-11-13-30-14-12-25/h1-6,15,17H,7-14,16H2,(H,26,27). The Balaban J connectivity index is 1.33. The van der Waals surface area contributed by atoms with Crippen molar-refractivity contribution in [1.29, 1.82) is 0 Å². The van der Waals surface area contributed by atoms with Crippen LogP contribution < -0.4 is 4.74 Å². The van der Waals surface area contributed by atoms with Gasteiger partial charge in [0, 0.05) is 44.0 Å². The molecule has 0 unspecified atom stereocenters. The Kier molecular flexibility index (Phi) is 6.92. The normalized spacial score (nSPS) is 18.4. The van der Waals surface area contributed by atoms with Gasteiger partial charge in [-0.05, 0) is 42.5 Å². The van der Waals surface area contributed by atoms with Crippen LogP contribution >= 0.6 is 0 Å². The second kappa shape index (κ2) is 9.85. The molecule has 1 aromatic heterocycles. The van der Waals surface area contributed by atoms with Gasteiger partial charge in [0.1, 0.15) is 0 Å². The minimum Gasteiger partial charge on any atom is -0.477 e. The number of aromatic nitrogens is 1. The Bertz CT molecular complexity index is 1010. The maximum absolute atomic E-state index is 12.7. The fraction of sp³-hybridized carbons (Fsp3) is 0.455. The monoisotopic (exact) mass is 461 g/mol. The molecule has 0 spiro atoms. The number of nitrogens with zero attached hydrogens (tertiary/aromatic N) is 3. The van der Waals surface area contributed by atoms with E-state index < -0.39 is 16.1 Å². The predicted octanol–water partition coefficient (Wildman–Crippen LogP) is 2.54. The molecule has 0 aliphatic carbocycles. The minimum absolute atomic E-state index is 0.269. The first-order chi connectivity index (χ1) is 15.4. The van der Waals surface area contributed by atoms with Gasteiger partial charge in [-0.2, -0.15) is 4.31 Å². The Morgan fingerprint density at radius 3 is 2.28 bits per heavy atom. The molecule has 0 bridgehead atoms. The van der Waals surface area contributed by atoms with Crippen LogP contribution in [0, 0.1) is 5.92 Å². The van der Waals surface area contributed by atoms with Crippen LogP contribution in [0.3, 0.4) is 0 Å². The van der Waals surface area contributed by atoms with E-state index in [0.29, 0.717) is 57.8 Å². The lowest BCUT2D eigenvalue weighted by molar-refractivity contribution is 0.0730. The van der Waals surface area contributed by atoms with E-state index in [1.54, 1.807) is 36.5 Å². The summed E-state index contributed by atoms with van der Waals surface area (Å²) in [4.78, 5) is 17.0. The first-order valence-corrected chi connectivity index (χ1v) is 12.1. The summed E-state index contributed by atoms with van der Waals surface area (Å²) in [7, 11) is -3.51. The SMILES string of the molecule is O=C(O)N1CCC(COc2ccc(-c3ccc(S(=O)(=O)N4CCOCC4)cc3)cn2)CC1. The molecule has 2 fully saturated rings. The van der Waals surface area contributed by atoms with Crippen molar-refractivity contribution in [2.24, 2.45) is 5.92 Å². The zero-order chi connectivity index (χ0) is 22.6. The smallest absolute Gasteiger partial charge is 0.407 e. The number of hydrogen-bond donors (Lipinski definition) is 1. The lowest BCUT2D eigenvalue weighted by Gasteiger charge is -2.29. The van der Waals surface area contributed by atoms with Gasteiger partial charge in [0.2, 0.25) is 15.9 Å². The summed E-state index contributed by atoms with van der Waals surface area (Å²) in [6.45, 7) is 3.15. The van der Waals surface area contributed by atoms with Crippen molar-refractivity contribution >= 4 is 16.1 Å². The highest BCUT2D eigenvalue weighted by Crippen LogP contribution is 2.25. The van der Waals surface area contributed by atoms with Gasteiger partial charge < -0.3 is 19.5 Å².